The van der Waals surface area contributed by atoms with Crippen molar-refractivity contribution in [3.63, 3.8) is 0 Å². The summed E-state index contributed by atoms with van der Waals surface area (Å²) in [5.41, 5.74) is 3.91. The fraction of sp³-hybridized carbons (Fsp3) is 0.211. The van der Waals surface area contributed by atoms with Gasteiger partial charge in [0.1, 0.15) is 0 Å². The van der Waals surface area contributed by atoms with Crippen LogP contribution in [0, 0.1) is 10.1 Å². The number of likely N-dealkylation sites (N-methyl/N-ethyl adjacent to an activating group) is 1. The Morgan fingerprint density at radius 2 is 2.08 bits per heavy atom. The lowest BCUT2D eigenvalue weighted by atomic mass is 9.99. The standard InChI is InChI=1S/C19H19N3O3/c1-21-10-9-15-6-7-17(12-16(15)13-21)20-19(23)8-5-14-3-2-4-18(11-14)22(24)25/h2-8,11-12H,9-10,13H2,1H3,(H,20,23)/b8-5+. The molecule has 1 amide bonds. The lowest BCUT2D eigenvalue weighted by Crippen LogP contribution is -2.26. The highest BCUT2D eigenvalue weighted by Crippen LogP contribution is 2.22. The number of hydrogen-bond donors (Lipinski definition) is 1. The number of nitrogens with zero attached hydrogens (tertiary/aromatic N) is 2. The van der Waals surface area contributed by atoms with Gasteiger partial charge in [-0.15, -0.1) is 0 Å². The first kappa shape index (κ1) is 16.9. The van der Waals surface area contributed by atoms with Gasteiger partial charge in [0.25, 0.3) is 5.69 Å². The number of carbonyl (C=O) groups is 1. The van der Waals surface area contributed by atoms with E-state index in [1.54, 1.807) is 18.2 Å². The van der Waals surface area contributed by atoms with Gasteiger partial charge < -0.3 is 10.2 Å². The fourth-order valence-corrected chi connectivity index (χ4v) is 2.87. The Balaban J connectivity index is 1.67. The Kier molecular flexibility index (Phi) is 4.90. The molecule has 0 aliphatic carbocycles. The Bertz CT molecular complexity index is 846. The third-order valence-corrected chi connectivity index (χ3v) is 4.19. The van der Waals surface area contributed by atoms with E-state index in [0.717, 1.165) is 25.2 Å². The minimum atomic E-state index is -0.457. The van der Waals surface area contributed by atoms with E-state index in [1.165, 1.54) is 29.3 Å². The second-order valence-electron chi connectivity index (χ2n) is 6.15. The normalized spacial score (nSPS) is 14.3. The monoisotopic (exact) mass is 337 g/mol. The SMILES string of the molecule is CN1CCc2ccc(NC(=O)/C=C/c3cccc([N+](=O)[O-])c3)cc2C1. The molecule has 0 radical (unpaired) electrons. The van der Waals surface area contributed by atoms with Crippen LogP contribution in [0.3, 0.4) is 0 Å². The Hall–Kier alpha value is -2.99. The lowest BCUT2D eigenvalue weighted by molar-refractivity contribution is -0.384. The summed E-state index contributed by atoms with van der Waals surface area (Å²) >= 11 is 0. The number of anilines is 1. The van der Waals surface area contributed by atoms with Crippen LogP contribution < -0.4 is 5.32 Å². The highest BCUT2D eigenvalue weighted by atomic mass is 16.6. The van der Waals surface area contributed by atoms with Crippen molar-refractivity contribution in [3.8, 4) is 0 Å². The number of fused-ring (bicyclic) bond motifs is 1. The summed E-state index contributed by atoms with van der Waals surface area (Å²) in [5, 5.41) is 13.6. The number of amides is 1. The molecule has 6 nitrogen and oxygen atoms in total. The van der Waals surface area contributed by atoms with Gasteiger partial charge >= 0.3 is 0 Å². The van der Waals surface area contributed by atoms with Crippen molar-refractivity contribution in [2.45, 2.75) is 13.0 Å². The molecular formula is C19H19N3O3. The molecule has 1 aliphatic heterocycles. The van der Waals surface area contributed by atoms with Crippen molar-refractivity contribution < 1.29 is 9.72 Å². The molecule has 0 bridgehead atoms. The molecule has 128 valence electrons. The summed E-state index contributed by atoms with van der Waals surface area (Å²) < 4.78 is 0. The van der Waals surface area contributed by atoms with E-state index in [9.17, 15) is 14.9 Å². The molecule has 0 fully saturated rings. The number of nitrogens with one attached hydrogen (secondary N) is 1. The summed E-state index contributed by atoms with van der Waals surface area (Å²) in [6.07, 6.45) is 3.96. The summed E-state index contributed by atoms with van der Waals surface area (Å²) in [4.78, 5) is 24.7. The molecule has 1 heterocycles. The second-order valence-corrected chi connectivity index (χ2v) is 6.15. The van der Waals surface area contributed by atoms with E-state index in [2.05, 4.69) is 23.3 Å². The second kappa shape index (κ2) is 7.27. The third kappa shape index (κ3) is 4.30. The largest absolute Gasteiger partial charge is 0.323 e. The van der Waals surface area contributed by atoms with Gasteiger partial charge in [-0.25, -0.2) is 0 Å². The van der Waals surface area contributed by atoms with Gasteiger partial charge in [0.15, 0.2) is 0 Å². The van der Waals surface area contributed by atoms with Crippen molar-refractivity contribution in [1.82, 2.24) is 4.90 Å². The van der Waals surface area contributed by atoms with Gasteiger partial charge in [0, 0.05) is 37.0 Å². The number of benzene rings is 2. The fourth-order valence-electron chi connectivity index (χ4n) is 2.87. The van der Waals surface area contributed by atoms with Crippen molar-refractivity contribution in [2.75, 3.05) is 18.9 Å². The van der Waals surface area contributed by atoms with E-state index < -0.39 is 4.92 Å². The van der Waals surface area contributed by atoms with Crippen molar-refractivity contribution in [1.29, 1.82) is 0 Å². The summed E-state index contributed by atoms with van der Waals surface area (Å²) in [5.74, 6) is -0.268. The van der Waals surface area contributed by atoms with Crippen molar-refractivity contribution >= 4 is 23.4 Å². The number of rotatable bonds is 4. The highest BCUT2D eigenvalue weighted by Gasteiger charge is 2.13. The molecule has 0 unspecified atom stereocenters. The van der Waals surface area contributed by atoms with Gasteiger partial charge in [0.2, 0.25) is 5.91 Å². The van der Waals surface area contributed by atoms with Crippen LogP contribution in [0.15, 0.2) is 48.5 Å². The predicted molar refractivity (Wildman–Crippen MR) is 97.2 cm³/mol. The highest BCUT2D eigenvalue weighted by molar-refractivity contribution is 6.02. The molecule has 6 heteroatoms. The number of nitro groups is 1. The Morgan fingerprint density at radius 1 is 1.24 bits per heavy atom. The van der Waals surface area contributed by atoms with Gasteiger partial charge in [-0.2, -0.15) is 0 Å². The first-order chi connectivity index (χ1) is 12.0. The number of non-ortho nitro benzene ring substituents is 1. The first-order valence-electron chi connectivity index (χ1n) is 8.05. The average Bonchev–Trinajstić information content (AvgIpc) is 2.60. The van der Waals surface area contributed by atoms with Crippen LogP contribution in [-0.2, 0) is 17.8 Å². The minimum Gasteiger partial charge on any atom is -0.323 e. The lowest BCUT2D eigenvalue weighted by Gasteiger charge is -2.25. The summed E-state index contributed by atoms with van der Waals surface area (Å²) in [7, 11) is 2.08. The Labute approximate surface area is 145 Å². The zero-order valence-corrected chi connectivity index (χ0v) is 13.9. The molecule has 2 aromatic carbocycles. The smallest absolute Gasteiger partial charge is 0.270 e. The van der Waals surface area contributed by atoms with Gasteiger partial charge in [-0.3, -0.25) is 14.9 Å². The van der Waals surface area contributed by atoms with Gasteiger partial charge in [-0.1, -0.05) is 18.2 Å². The molecule has 0 saturated heterocycles. The van der Waals surface area contributed by atoms with E-state index in [4.69, 9.17) is 0 Å². The molecule has 3 rings (SSSR count). The molecular weight excluding hydrogens is 318 g/mol. The molecule has 25 heavy (non-hydrogen) atoms. The maximum Gasteiger partial charge on any atom is 0.270 e. The van der Waals surface area contributed by atoms with Crippen molar-refractivity contribution in [3.05, 3.63) is 75.3 Å². The van der Waals surface area contributed by atoms with E-state index >= 15 is 0 Å². The van der Waals surface area contributed by atoms with Crippen LogP contribution >= 0.6 is 0 Å². The molecule has 0 aromatic heterocycles. The summed E-state index contributed by atoms with van der Waals surface area (Å²) in [6, 6.07) is 12.1. The van der Waals surface area contributed by atoms with Crippen LogP contribution in [-0.4, -0.2) is 29.3 Å². The van der Waals surface area contributed by atoms with Crippen LogP contribution in [0.5, 0.6) is 0 Å². The minimum absolute atomic E-state index is 0.00126. The number of hydrogen-bond acceptors (Lipinski definition) is 4. The zero-order valence-electron chi connectivity index (χ0n) is 13.9. The van der Waals surface area contributed by atoms with Crippen LogP contribution in [0.25, 0.3) is 6.08 Å². The maximum atomic E-state index is 12.1. The topological polar surface area (TPSA) is 75.5 Å². The third-order valence-electron chi connectivity index (χ3n) is 4.19. The molecule has 0 spiro atoms. The van der Waals surface area contributed by atoms with Gasteiger partial charge in [0.05, 0.1) is 4.92 Å². The van der Waals surface area contributed by atoms with Crippen LogP contribution in [0.1, 0.15) is 16.7 Å². The quantitative estimate of drug-likeness (QED) is 0.528. The molecule has 0 saturated carbocycles. The molecule has 1 aliphatic rings. The van der Waals surface area contributed by atoms with Gasteiger partial charge in [-0.05, 0) is 48.4 Å². The average molecular weight is 337 g/mol. The molecule has 2 aromatic rings. The Morgan fingerprint density at radius 3 is 2.88 bits per heavy atom. The molecule has 0 atom stereocenters. The zero-order chi connectivity index (χ0) is 17.8. The number of carbonyl (C=O) groups excluding carboxylic acids is 1. The maximum absolute atomic E-state index is 12.1. The summed E-state index contributed by atoms with van der Waals surface area (Å²) in [6.45, 7) is 1.92. The van der Waals surface area contributed by atoms with E-state index in [-0.39, 0.29) is 11.6 Å². The molecule has 1 N–H and O–H groups in total. The number of nitro benzene ring substituents is 1. The first-order valence-corrected chi connectivity index (χ1v) is 8.05. The van der Waals surface area contributed by atoms with E-state index in [1.807, 2.05) is 12.1 Å². The van der Waals surface area contributed by atoms with Crippen LogP contribution in [0.4, 0.5) is 11.4 Å². The van der Waals surface area contributed by atoms with E-state index in [0.29, 0.717) is 5.56 Å². The van der Waals surface area contributed by atoms with Crippen LogP contribution in [0.2, 0.25) is 0 Å². The van der Waals surface area contributed by atoms with Crippen molar-refractivity contribution in [2.24, 2.45) is 0 Å². The predicted octanol–water partition coefficient (Wildman–Crippen LogP) is 3.23.